The van der Waals surface area contributed by atoms with E-state index in [1.54, 1.807) is 18.2 Å². The molecule has 5 nitrogen and oxygen atoms in total. The van der Waals surface area contributed by atoms with Crippen LogP contribution in [0.25, 0.3) is 0 Å². The van der Waals surface area contributed by atoms with E-state index in [9.17, 15) is 9.90 Å². The Balaban J connectivity index is 2.05. The number of carbonyl (C=O) groups is 1. The molecule has 0 aliphatic rings. The fourth-order valence-electron chi connectivity index (χ4n) is 1.88. The fourth-order valence-corrected chi connectivity index (χ4v) is 2.06. The van der Waals surface area contributed by atoms with Gasteiger partial charge < -0.3 is 9.84 Å². The topological polar surface area (TPSA) is 70.9 Å². The summed E-state index contributed by atoms with van der Waals surface area (Å²) in [5.41, 5.74) is 3.51. The lowest BCUT2D eigenvalue weighted by atomic mass is 10.1. The molecule has 0 aromatic heterocycles. The Morgan fingerprint density at radius 3 is 2.73 bits per heavy atom. The van der Waals surface area contributed by atoms with Crippen molar-refractivity contribution < 1.29 is 14.6 Å². The van der Waals surface area contributed by atoms with E-state index in [0.717, 1.165) is 5.56 Å². The number of carbonyl (C=O) groups excluding carboxylic acids is 1. The highest BCUT2D eigenvalue weighted by Gasteiger charge is 2.19. The molecular weight excluding hydrogens is 304 g/mol. The number of phenols is 1. The first-order valence-electron chi connectivity index (χ1n) is 6.51. The van der Waals surface area contributed by atoms with Crippen molar-refractivity contribution in [1.29, 1.82) is 0 Å². The number of nitrogens with zero attached hydrogens (tertiary/aromatic N) is 1. The van der Waals surface area contributed by atoms with Gasteiger partial charge in [-0.25, -0.2) is 5.43 Å². The molecule has 1 atom stereocenters. The predicted molar refractivity (Wildman–Crippen MR) is 85.0 cm³/mol. The monoisotopic (exact) mass is 318 g/mol. The lowest BCUT2D eigenvalue weighted by molar-refractivity contribution is -0.131. The summed E-state index contributed by atoms with van der Waals surface area (Å²) in [7, 11) is 1.45. The summed E-state index contributed by atoms with van der Waals surface area (Å²) in [4.78, 5) is 12.1. The third-order valence-electron chi connectivity index (χ3n) is 2.94. The number of phenolic OH excluding ortho intramolecular Hbond substituents is 1. The van der Waals surface area contributed by atoms with Gasteiger partial charge in [0.1, 0.15) is 5.75 Å². The van der Waals surface area contributed by atoms with Crippen LogP contribution >= 0.6 is 11.6 Å². The summed E-state index contributed by atoms with van der Waals surface area (Å²) in [6.07, 6.45) is 0.558. The van der Waals surface area contributed by atoms with E-state index in [1.807, 2.05) is 18.2 Å². The molecule has 0 saturated carbocycles. The Morgan fingerprint density at radius 2 is 2.05 bits per heavy atom. The van der Waals surface area contributed by atoms with Crippen LogP contribution < -0.4 is 5.43 Å². The molecule has 0 heterocycles. The van der Waals surface area contributed by atoms with Crippen molar-refractivity contribution in [1.82, 2.24) is 5.43 Å². The van der Waals surface area contributed by atoms with Gasteiger partial charge in [-0.15, -0.1) is 0 Å². The number of hydrogen-bond donors (Lipinski definition) is 2. The average Bonchev–Trinajstić information content (AvgIpc) is 2.52. The Kier molecular flexibility index (Phi) is 5.52. The lowest BCUT2D eigenvalue weighted by Crippen LogP contribution is -2.26. The molecular formula is C16H15ClN2O3. The van der Waals surface area contributed by atoms with Gasteiger partial charge >= 0.3 is 0 Å². The molecule has 0 unspecified atom stereocenters. The van der Waals surface area contributed by atoms with Crippen molar-refractivity contribution in [3.05, 3.63) is 64.7 Å². The maximum Gasteiger partial charge on any atom is 0.273 e. The highest BCUT2D eigenvalue weighted by molar-refractivity contribution is 6.30. The molecule has 0 aliphatic carbocycles. The van der Waals surface area contributed by atoms with Crippen molar-refractivity contribution in [2.24, 2.45) is 5.10 Å². The van der Waals surface area contributed by atoms with Gasteiger partial charge in [-0.3, -0.25) is 4.79 Å². The van der Waals surface area contributed by atoms with Gasteiger partial charge in [-0.05, 0) is 23.8 Å². The van der Waals surface area contributed by atoms with Crippen LogP contribution in [-0.4, -0.2) is 24.3 Å². The van der Waals surface area contributed by atoms with E-state index >= 15 is 0 Å². The van der Waals surface area contributed by atoms with Gasteiger partial charge in [0.05, 0.1) is 6.21 Å². The van der Waals surface area contributed by atoms with E-state index in [0.29, 0.717) is 10.6 Å². The van der Waals surface area contributed by atoms with E-state index in [-0.39, 0.29) is 5.75 Å². The van der Waals surface area contributed by atoms with Crippen LogP contribution in [0.5, 0.6) is 5.75 Å². The highest BCUT2D eigenvalue weighted by atomic mass is 35.5. The third kappa shape index (κ3) is 4.07. The molecule has 114 valence electrons. The van der Waals surface area contributed by atoms with E-state index in [4.69, 9.17) is 16.3 Å². The first-order valence-corrected chi connectivity index (χ1v) is 6.89. The minimum atomic E-state index is -0.758. The Bertz CT molecular complexity index is 674. The van der Waals surface area contributed by atoms with Crippen molar-refractivity contribution in [2.45, 2.75) is 6.10 Å². The van der Waals surface area contributed by atoms with Crippen LogP contribution in [0.2, 0.25) is 5.02 Å². The Hall–Kier alpha value is -2.37. The van der Waals surface area contributed by atoms with Crippen LogP contribution in [0.1, 0.15) is 17.2 Å². The Morgan fingerprint density at radius 1 is 1.32 bits per heavy atom. The highest BCUT2D eigenvalue weighted by Crippen LogP contribution is 2.19. The number of hydrazone groups is 1. The second-order valence-electron chi connectivity index (χ2n) is 4.46. The van der Waals surface area contributed by atoms with Crippen LogP contribution in [0.15, 0.2) is 53.6 Å². The third-order valence-corrected chi connectivity index (χ3v) is 3.18. The summed E-state index contributed by atoms with van der Waals surface area (Å²) < 4.78 is 5.19. The largest absolute Gasteiger partial charge is 0.507 e. The predicted octanol–water partition coefficient (Wildman–Crippen LogP) is 2.88. The maximum absolute atomic E-state index is 12.1. The summed E-state index contributed by atoms with van der Waals surface area (Å²) in [5, 5.41) is 13.9. The van der Waals surface area contributed by atoms with Crippen molar-refractivity contribution in [3.8, 4) is 5.75 Å². The number of nitrogens with one attached hydrogen (secondary N) is 1. The number of amides is 1. The number of hydrogen-bond acceptors (Lipinski definition) is 4. The smallest absolute Gasteiger partial charge is 0.273 e. The molecule has 2 aromatic carbocycles. The van der Waals surface area contributed by atoms with Gasteiger partial charge in [-0.2, -0.15) is 5.10 Å². The number of ether oxygens (including phenoxy) is 1. The average molecular weight is 319 g/mol. The second-order valence-corrected chi connectivity index (χ2v) is 4.90. The minimum absolute atomic E-state index is 0.0220. The van der Waals surface area contributed by atoms with Gasteiger partial charge in [0.2, 0.25) is 0 Å². The van der Waals surface area contributed by atoms with Crippen LogP contribution in [0.3, 0.4) is 0 Å². The summed E-state index contributed by atoms with van der Waals surface area (Å²) in [6.45, 7) is 0. The van der Waals surface area contributed by atoms with Crippen molar-refractivity contribution >= 4 is 23.7 Å². The van der Waals surface area contributed by atoms with Crippen LogP contribution in [-0.2, 0) is 9.53 Å². The number of halogens is 1. The molecule has 2 rings (SSSR count). The number of aromatic hydroxyl groups is 1. The number of rotatable bonds is 5. The summed E-state index contributed by atoms with van der Waals surface area (Å²) in [5.74, 6) is -0.389. The first kappa shape index (κ1) is 16.0. The van der Waals surface area contributed by atoms with Gasteiger partial charge in [0, 0.05) is 17.7 Å². The minimum Gasteiger partial charge on any atom is -0.507 e. The van der Waals surface area contributed by atoms with Crippen LogP contribution in [0, 0.1) is 0 Å². The van der Waals surface area contributed by atoms with Crippen LogP contribution in [0.4, 0.5) is 0 Å². The lowest BCUT2D eigenvalue weighted by Gasteiger charge is -2.13. The van der Waals surface area contributed by atoms with Crippen molar-refractivity contribution in [3.63, 3.8) is 0 Å². The fraction of sp³-hybridized carbons (Fsp3) is 0.125. The second kappa shape index (κ2) is 7.59. The molecule has 1 amide bonds. The summed E-state index contributed by atoms with van der Waals surface area (Å²) in [6, 6.07) is 13.6. The maximum atomic E-state index is 12.1. The molecule has 0 aliphatic heterocycles. The summed E-state index contributed by atoms with van der Waals surface area (Å²) >= 11 is 5.83. The number of benzene rings is 2. The quantitative estimate of drug-likeness (QED) is 0.658. The van der Waals surface area contributed by atoms with Gasteiger partial charge in [0.25, 0.3) is 5.91 Å². The number of methoxy groups -OCH3 is 1. The molecule has 6 heteroatoms. The Labute approximate surface area is 133 Å². The zero-order valence-corrected chi connectivity index (χ0v) is 12.6. The first-order chi connectivity index (χ1) is 10.6. The molecule has 0 fully saturated rings. The molecule has 0 saturated heterocycles. The zero-order valence-electron chi connectivity index (χ0n) is 11.9. The molecule has 0 radical (unpaired) electrons. The SMILES string of the molecule is CO[C@@H](C(=O)N/N=C\c1cc(Cl)ccc1O)c1ccccc1. The van der Waals surface area contributed by atoms with E-state index in [1.165, 1.54) is 25.5 Å². The standard InChI is InChI=1S/C16H15ClN2O3/c1-22-15(11-5-3-2-4-6-11)16(21)19-18-10-12-9-13(17)7-8-14(12)20/h2-10,15,20H,1H3,(H,19,21)/b18-10-/t15-/m1/s1. The molecule has 2 N–H and O–H groups in total. The van der Waals surface area contributed by atoms with E-state index < -0.39 is 12.0 Å². The molecule has 0 spiro atoms. The molecule has 22 heavy (non-hydrogen) atoms. The van der Waals surface area contributed by atoms with E-state index in [2.05, 4.69) is 10.5 Å². The van der Waals surface area contributed by atoms with Crippen molar-refractivity contribution in [2.75, 3.05) is 7.11 Å². The normalized spacial score (nSPS) is 12.3. The molecule has 2 aromatic rings. The molecule has 0 bridgehead atoms. The van der Waals surface area contributed by atoms with Gasteiger partial charge in [-0.1, -0.05) is 41.9 Å². The van der Waals surface area contributed by atoms with Gasteiger partial charge in [0.15, 0.2) is 6.10 Å². The zero-order chi connectivity index (χ0) is 15.9.